The zero-order valence-corrected chi connectivity index (χ0v) is 17.9. The van der Waals surface area contributed by atoms with Gasteiger partial charge in [-0.25, -0.2) is 0 Å². The van der Waals surface area contributed by atoms with Crippen molar-refractivity contribution in [3.05, 3.63) is 94.4 Å². The van der Waals surface area contributed by atoms with E-state index >= 15 is 0 Å². The average Bonchev–Trinajstić information content (AvgIpc) is 3.45. The number of hydrogen-bond acceptors (Lipinski definition) is 4. The molecule has 1 unspecified atom stereocenters. The number of alkyl halides is 3. The molecule has 1 fully saturated rings. The van der Waals surface area contributed by atoms with Crippen LogP contribution in [0.1, 0.15) is 46.9 Å². The molecule has 0 bridgehead atoms. The Morgan fingerprint density at radius 3 is 2.44 bits per heavy atom. The third kappa shape index (κ3) is 3.69. The van der Waals surface area contributed by atoms with E-state index in [0.29, 0.717) is 5.56 Å². The molecule has 1 aliphatic carbocycles. The van der Waals surface area contributed by atoms with Gasteiger partial charge in [-0.2, -0.15) is 13.2 Å². The van der Waals surface area contributed by atoms with Crippen molar-refractivity contribution in [2.45, 2.75) is 37.9 Å². The van der Waals surface area contributed by atoms with Crippen molar-refractivity contribution < 1.29 is 32.3 Å². The Balaban J connectivity index is 1.66. The third-order valence-electron chi connectivity index (χ3n) is 6.33. The molecule has 1 amide bonds. The van der Waals surface area contributed by atoms with Gasteiger partial charge in [0.15, 0.2) is 0 Å². The fraction of sp³-hybridized carbons (Fsp3) is 0.231. The molecule has 1 aliphatic heterocycles. The molecule has 1 N–H and O–H groups in total. The molecule has 0 spiro atoms. The number of amides is 1. The summed E-state index contributed by atoms with van der Waals surface area (Å²) in [7, 11) is 0. The number of carbonyl (C=O) groups is 2. The third-order valence-corrected chi connectivity index (χ3v) is 6.33. The molecule has 0 saturated carbocycles. The van der Waals surface area contributed by atoms with E-state index < -0.39 is 29.5 Å². The Kier molecular flexibility index (Phi) is 5.31. The predicted octanol–water partition coefficient (Wildman–Crippen LogP) is 5.80. The number of aliphatic hydroxyl groups is 1. The van der Waals surface area contributed by atoms with Crippen molar-refractivity contribution in [1.29, 1.82) is 0 Å². The zero-order valence-electron chi connectivity index (χ0n) is 17.9. The van der Waals surface area contributed by atoms with Crippen LogP contribution in [0.5, 0.6) is 0 Å². The SMILES string of the molecule is O=C1C(=O)N(c2cccc(C(F)(F)F)c2)C(c2ccco2)/C1=C(/O)c1ccc2c(c1)CCCC2. The number of aryl methyl sites for hydroxylation is 2. The summed E-state index contributed by atoms with van der Waals surface area (Å²) in [6, 6.07) is 11.4. The number of fused-ring (bicyclic) bond motifs is 1. The van der Waals surface area contributed by atoms with E-state index in [1.807, 2.05) is 6.07 Å². The average molecular weight is 467 g/mol. The minimum absolute atomic E-state index is 0.122. The van der Waals surface area contributed by atoms with Gasteiger partial charge in [0.05, 0.1) is 17.4 Å². The normalized spacial score (nSPS) is 20.0. The molecule has 5 nitrogen and oxygen atoms in total. The number of anilines is 1. The summed E-state index contributed by atoms with van der Waals surface area (Å²) in [6.07, 6.45) is 0.579. The maximum atomic E-state index is 13.3. The Morgan fingerprint density at radius 2 is 1.74 bits per heavy atom. The quantitative estimate of drug-likeness (QED) is 0.300. The highest BCUT2D eigenvalue weighted by molar-refractivity contribution is 6.51. The first-order valence-corrected chi connectivity index (χ1v) is 10.9. The molecule has 1 aromatic heterocycles. The van der Waals surface area contributed by atoms with Gasteiger partial charge in [0.2, 0.25) is 0 Å². The Bertz CT molecular complexity index is 1310. The van der Waals surface area contributed by atoms with Crippen molar-refractivity contribution in [3.8, 4) is 0 Å². The number of benzene rings is 2. The van der Waals surface area contributed by atoms with Gasteiger partial charge in [-0.1, -0.05) is 18.2 Å². The van der Waals surface area contributed by atoms with E-state index in [-0.39, 0.29) is 22.8 Å². The van der Waals surface area contributed by atoms with Crippen LogP contribution in [-0.2, 0) is 28.6 Å². The molecule has 8 heteroatoms. The van der Waals surface area contributed by atoms with E-state index in [1.54, 1.807) is 18.2 Å². The smallest absolute Gasteiger partial charge is 0.416 e. The monoisotopic (exact) mass is 467 g/mol. The molecular weight excluding hydrogens is 447 g/mol. The number of ketones is 1. The van der Waals surface area contributed by atoms with Gasteiger partial charge in [0.25, 0.3) is 11.7 Å². The highest BCUT2D eigenvalue weighted by atomic mass is 19.4. The molecule has 0 radical (unpaired) electrons. The van der Waals surface area contributed by atoms with Crippen LogP contribution in [0.15, 0.2) is 70.9 Å². The van der Waals surface area contributed by atoms with Gasteiger partial charge < -0.3 is 9.52 Å². The maximum Gasteiger partial charge on any atom is 0.416 e. The molecule has 2 aliphatic rings. The Hall–Kier alpha value is -3.81. The number of Topliss-reactive ketones (excluding diaryl/α,β-unsaturated/α-hetero) is 1. The van der Waals surface area contributed by atoms with Crippen molar-refractivity contribution >= 4 is 23.1 Å². The molecular formula is C26H20F3NO4. The number of halogens is 3. The topological polar surface area (TPSA) is 70.8 Å². The minimum atomic E-state index is -4.63. The fourth-order valence-electron chi connectivity index (χ4n) is 4.68. The molecule has 174 valence electrons. The number of rotatable bonds is 3. The molecule has 2 heterocycles. The summed E-state index contributed by atoms with van der Waals surface area (Å²) in [4.78, 5) is 27.1. The van der Waals surface area contributed by atoms with Gasteiger partial charge in [0.1, 0.15) is 17.6 Å². The summed E-state index contributed by atoms with van der Waals surface area (Å²) in [6.45, 7) is 0. The van der Waals surface area contributed by atoms with Crippen LogP contribution in [0.25, 0.3) is 5.76 Å². The summed E-state index contributed by atoms with van der Waals surface area (Å²) in [5, 5.41) is 11.2. The lowest BCUT2D eigenvalue weighted by molar-refractivity contribution is -0.137. The molecule has 1 atom stereocenters. The Morgan fingerprint density at radius 1 is 0.971 bits per heavy atom. The van der Waals surface area contributed by atoms with Gasteiger partial charge in [-0.05, 0) is 73.2 Å². The lowest BCUT2D eigenvalue weighted by Gasteiger charge is -2.24. The number of aliphatic hydroxyl groups excluding tert-OH is 1. The molecule has 3 aromatic rings. The maximum absolute atomic E-state index is 13.3. The second kappa shape index (κ2) is 8.20. The molecule has 5 rings (SSSR count). The highest BCUT2D eigenvalue weighted by Crippen LogP contribution is 2.43. The van der Waals surface area contributed by atoms with E-state index in [0.717, 1.165) is 48.3 Å². The zero-order chi connectivity index (χ0) is 24.0. The second-order valence-corrected chi connectivity index (χ2v) is 8.42. The van der Waals surface area contributed by atoms with Crippen LogP contribution in [0.3, 0.4) is 0 Å². The van der Waals surface area contributed by atoms with Crippen molar-refractivity contribution in [2.75, 3.05) is 4.90 Å². The van der Waals surface area contributed by atoms with E-state index in [2.05, 4.69) is 0 Å². The first-order valence-electron chi connectivity index (χ1n) is 10.9. The van der Waals surface area contributed by atoms with Crippen LogP contribution in [-0.4, -0.2) is 16.8 Å². The van der Waals surface area contributed by atoms with Crippen molar-refractivity contribution in [2.24, 2.45) is 0 Å². The van der Waals surface area contributed by atoms with Gasteiger partial charge >= 0.3 is 6.18 Å². The fourth-order valence-corrected chi connectivity index (χ4v) is 4.68. The minimum Gasteiger partial charge on any atom is -0.507 e. The van der Waals surface area contributed by atoms with E-state index in [4.69, 9.17) is 4.42 Å². The number of furan rings is 1. The lowest BCUT2D eigenvalue weighted by atomic mass is 9.89. The van der Waals surface area contributed by atoms with Crippen LogP contribution in [0.2, 0.25) is 0 Å². The number of hydrogen-bond donors (Lipinski definition) is 1. The van der Waals surface area contributed by atoms with Crippen molar-refractivity contribution in [1.82, 2.24) is 0 Å². The van der Waals surface area contributed by atoms with E-state index in [9.17, 15) is 27.9 Å². The van der Waals surface area contributed by atoms with Crippen LogP contribution in [0, 0.1) is 0 Å². The first kappa shape index (κ1) is 22.0. The summed E-state index contributed by atoms with van der Waals surface area (Å²) >= 11 is 0. The molecule has 1 saturated heterocycles. The molecule has 34 heavy (non-hydrogen) atoms. The van der Waals surface area contributed by atoms with Gasteiger partial charge in [-0.3, -0.25) is 14.5 Å². The van der Waals surface area contributed by atoms with Crippen LogP contribution >= 0.6 is 0 Å². The lowest BCUT2D eigenvalue weighted by Crippen LogP contribution is -2.29. The first-order chi connectivity index (χ1) is 16.3. The Labute approximate surface area is 193 Å². The summed E-state index contributed by atoms with van der Waals surface area (Å²) < 4.78 is 45.4. The number of carbonyl (C=O) groups excluding carboxylic acids is 2. The predicted molar refractivity (Wildman–Crippen MR) is 118 cm³/mol. The van der Waals surface area contributed by atoms with Gasteiger partial charge in [0, 0.05) is 11.3 Å². The van der Waals surface area contributed by atoms with Crippen LogP contribution in [0.4, 0.5) is 18.9 Å². The van der Waals surface area contributed by atoms with Crippen molar-refractivity contribution in [3.63, 3.8) is 0 Å². The second-order valence-electron chi connectivity index (χ2n) is 8.42. The number of nitrogens with zero attached hydrogens (tertiary/aromatic N) is 1. The standard InChI is InChI=1S/C26H20F3NO4/c27-26(28,29)18-7-3-8-19(14-18)30-22(20-9-4-12-34-20)21(24(32)25(30)33)23(31)17-11-10-15-5-1-2-6-16(15)13-17/h3-4,7-14,22,31H,1-2,5-6H2/b23-21-. The van der Waals surface area contributed by atoms with Gasteiger partial charge in [-0.15, -0.1) is 0 Å². The van der Waals surface area contributed by atoms with Crippen LogP contribution < -0.4 is 4.90 Å². The highest BCUT2D eigenvalue weighted by Gasteiger charge is 2.48. The summed E-state index contributed by atoms with van der Waals surface area (Å²) in [5.41, 5.74) is 1.31. The summed E-state index contributed by atoms with van der Waals surface area (Å²) in [5.74, 6) is -2.27. The largest absolute Gasteiger partial charge is 0.507 e. The molecule has 2 aromatic carbocycles. The van der Waals surface area contributed by atoms with E-state index in [1.165, 1.54) is 30.0 Å².